The summed E-state index contributed by atoms with van der Waals surface area (Å²) < 4.78 is 37.9. The summed E-state index contributed by atoms with van der Waals surface area (Å²) in [6, 6.07) is -0.984. The Labute approximate surface area is 470 Å². The number of allylic oxidation sites excluding steroid dienone is 6. The quantitative estimate of drug-likeness (QED) is 0.0631. The molecule has 0 aliphatic carbocycles. The summed E-state index contributed by atoms with van der Waals surface area (Å²) in [5, 5.41) is 9.55. The Morgan fingerprint density at radius 2 is 1.20 bits per heavy atom. The zero-order chi connectivity index (χ0) is 60.1. The van der Waals surface area contributed by atoms with Gasteiger partial charge in [-0.05, 0) is 78.4 Å². The molecular formula is C59H84N6O15. The lowest BCUT2D eigenvalue weighted by Gasteiger charge is -2.48. The predicted molar refractivity (Wildman–Crippen MR) is 296 cm³/mol. The average molecular weight is 1120 g/mol. The second-order valence-corrected chi connectivity index (χ2v) is 23.9. The van der Waals surface area contributed by atoms with E-state index in [1.54, 1.807) is 20.8 Å². The maximum absolute atomic E-state index is 14.6. The van der Waals surface area contributed by atoms with Crippen LogP contribution in [0, 0.1) is 57.7 Å². The molecule has 21 nitrogen and oxygen atoms in total. The number of terminal acetylenes is 1. The zero-order valence-electron chi connectivity index (χ0n) is 49.9. The van der Waals surface area contributed by atoms with Crippen LogP contribution in [0.5, 0.6) is 0 Å². The predicted octanol–water partition coefficient (Wildman–Crippen LogP) is 6.97. The number of ether oxygens (including phenoxy) is 7. The number of esters is 6. The Balaban J connectivity index is 2.16. The highest BCUT2D eigenvalue weighted by atomic mass is 16.6. The van der Waals surface area contributed by atoms with Gasteiger partial charge in [-0.15, -0.1) is 6.42 Å². The van der Waals surface area contributed by atoms with Crippen molar-refractivity contribution in [3.63, 3.8) is 0 Å². The highest BCUT2D eigenvalue weighted by Crippen LogP contribution is 2.63. The Morgan fingerprint density at radius 1 is 0.662 bits per heavy atom. The highest BCUT2D eigenvalue weighted by molar-refractivity contribution is 6.12. The summed E-state index contributed by atoms with van der Waals surface area (Å²) in [6.45, 7) is 20.2. The molecule has 1 saturated heterocycles. The van der Waals surface area contributed by atoms with Gasteiger partial charge >= 0.3 is 41.9 Å². The fourth-order valence-electron chi connectivity index (χ4n) is 13.2. The zero-order valence-corrected chi connectivity index (χ0v) is 49.9. The number of rotatable bonds is 20. The van der Waals surface area contributed by atoms with Crippen molar-refractivity contribution in [1.29, 1.82) is 0 Å². The first-order valence-corrected chi connectivity index (χ1v) is 27.1. The van der Waals surface area contributed by atoms with Gasteiger partial charge in [0, 0.05) is 99.5 Å². The van der Waals surface area contributed by atoms with Crippen molar-refractivity contribution in [2.75, 3.05) is 49.2 Å². The first-order valence-electron chi connectivity index (χ1n) is 27.1. The number of nitrogens with zero attached hydrogens (tertiary/aromatic N) is 3. The van der Waals surface area contributed by atoms with E-state index in [-0.39, 0.29) is 88.8 Å². The van der Waals surface area contributed by atoms with Crippen LogP contribution in [0.25, 0.3) is 0 Å². The fourth-order valence-corrected chi connectivity index (χ4v) is 13.2. The number of hydrogen-bond donors (Lipinski definition) is 3. The number of alkyl carbamates (subject to hydrolysis) is 1. The SMILES string of the molecule is C#CCNC(=O)CC[C@@H]1/C2=C(\NC(=O)OC(C)(C)C)C3=N/C(=C(/C)C4=NC([C@H](CC(=O)OC)[C@@]4(C)CCC(=O)OC)[C@]4(C)N=C(/C(C)=C(\N2)[C@@]1(C)CC(=O)OC)[C@@H](CCC(=O)OC)[C@]4(C)CC(=O)OC)[C@@H](CCC(=O)OC)C3(C)C. The lowest BCUT2D eigenvalue weighted by Crippen LogP contribution is -2.55. The average Bonchev–Trinajstić information content (AvgIpc) is 4.20. The van der Waals surface area contributed by atoms with E-state index in [1.165, 1.54) is 42.7 Å². The monoisotopic (exact) mass is 1120 g/mol. The topological polar surface area (TPSA) is 274 Å². The molecule has 3 N–H and O–H groups in total. The van der Waals surface area contributed by atoms with Crippen LogP contribution in [0.15, 0.2) is 48.9 Å². The Morgan fingerprint density at radius 3 is 1.75 bits per heavy atom. The second-order valence-electron chi connectivity index (χ2n) is 23.9. The molecule has 0 spiro atoms. The largest absolute Gasteiger partial charge is 0.469 e. The summed E-state index contributed by atoms with van der Waals surface area (Å²) in [5.74, 6) is -4.32. The number of nitrogens with one attached hydrogen (secondary N) is 3. The molecule has 80 heavy (non-hydrogen) atoms. The van der Waals surface area contributed by atoms with Crippen molar-refractivity contribution in [1.82, 2.24) is 16.0 Å². The van der Waals surface area contributed by atoms with Crippen molar-refractivity contribution in [2.24, 2.45) is 60.3 Å². The van der Waals surface area contributed by atoms with Gasteiger partial charge in [-0.2, -0.15) is 0 Å². The molecule has 0 saturated carbocycles. The number of fused-ring (bicyclic) bond motifs is 6. The van der Waals surface area contributed by atoms with Crippen LogP contribution < -0.4 is 16.0 Å². The fraction of sp³-hybridized carbons (Fsp3) is 0.678. The van der Waals surface area contributed by atoms with Crippen LogP contribution in [0.2, 0.25) is 0 Å². The van der Waals surface area contributed by atoms with Gasteiger partial charge < -0.3 is 43.8 Å². The Kier molecular flexibility index (Phi) is 19.9. The number of methoxy groups -OCH3 is 6. The van der Waals surface area contributed by atoms with Crippen LogP contribution in [0.3, 0.4) is 0 Å². The van der Waals surface area contributed by atoms with Gasteiger partial charge in [0.2, 0.25) is 5.91 Å². The van der Waals surface area contributed by atoms with Crippen LogP contribution in [0.1, 0.15) is 147 Å². The molecule has 2 amide bonds. The van der Waals surface area contributed by atoms with E-state index in [4.69, 9.17) is 54.6 Å². The lowest BCUT2D eigenvalue weighted by molar-refractivity contribution is -0.147. The standard InChI is InChI=1S/C59H84N6O15/c1-19-28-60-38(66)23-20-35-47-48(63-53(73)80-54(4,5)6)52-55(7,8)34(21-24-39(67)74-13)45(61-52)32(2)49-56(9,27-26-41(69)76-15)37(29-42(70)77-16)51(64-49)59(12)58(11,31-44(72)79-18)36(22-25-40(68)75-14)46(65-59)33(3)50(62-47)57(35,10)30-43(71)78-17/h1,34-37,51,62H,20-31H2,2-18H3,(H,60,66)(H,63,73)/b45-32-,48-47+,50-33-/t34-,35-,36-,37+,51?,56-,57+,58+,59+/m1/s1. The summed E-state index contributed by atoms with van der Waals surface area (Å²) in [5.41, 5.74) is -3.66. The number of hydrogen-bond acceptors (Lipinski definition) is 19. The lowest BCUT2D eigenvalue weighted by atomic mass is 9.55. The van der Waals surface area contributed by atoms with E-state index in [2.05, 4.69) is 21.9 Å². The Bertz CT molecular complexity index is 2760. The molecule has 5 heterocycles. The normalized spacial score (nSPS) is 31.1. The van der Waals surface area contributed by atoms with E-state index in [0.717, 1.165) is 0 Å². The van der Waals surface area contributed by atoms with Gasteiger partial charge in [0.1, 0.15) is 5.60 Å². The van der Waals surface area contributed by atoms with Crippen LogP contribution in [-0.2, 0) is 66.7 Å². The molecule has 1 fully saturated rings. The summed E-state index contributed by atoms with van der Waals surface area (Å²) in [4.78, 5) is 128. The summed E-state index contributed by atoms with van der Waals surface area (Å²) in [6.07, 6.45) is 3.97. The minimum Gasteiger partial charge on any atom is -0.469 e. The first kappa shape index (κ1) is 64.0. The van der Waals surface area contributed by atoms with Crippen LogP contribution >= 0.6 is 0 Å². The third-order valence-corrected chi connectivity index (χ3v) is 17.8. The molecule has 5 aliphatic rings. The molecular weight excluding hydrogens is 1030 g/mol. The van der Waals surface area contributed by atoms with E-state index >= 15 is 0 Å². The van der Waals surface area contributed by atoms with Gasteiger partial charge in [-0.25, -0.2) is 4.79 Å². The van der Waals surface area contributed by atoms with Gasteiger partial charge in [-0.3, -0.25) is 53.9 Å². The van der Waals surface area contributed by atoms with Crippen molar-refractivity contribution in [2.45, 2.75) is 164 Å². The number of amides is 2. The van der Waals surface area contributed by atoms with Crippen molar-refractivity contribution < 1.29 is 71.5 Å². The van der Waals surface area contributed by atoms with Crippen molar-refractivity contribution in [3.8, 4) is 12.3 Å². The van der Waals surface area contributed by atoms with Crippen molar-refractivity contribution in [3.05, 3.63) is 33.9 Å². The Hall–Kier alpha value is -6.85. The number of aliphatic imine (C=N–C) groups is 3. The van der Waals surface area contributed by atoms with Gasteiger partial charge in [-0.1, -0.05) is 40.5 Å². The third-order valence-electron chi connectivity index (χ3n) is 17.8. The smallest absolute Gasteiger partial charge is 0.412 e. The van der Waals surface area contributed by atoms with E-state index in [1.807, 2.05) is 55.4 Å². The van der Waals surface area contributed by atoms with E-state index in [0.29, 0.717) is 45.4 Å². The number of carbonyl (C=O) groups is 8. The van der Waals surface area contributed by atoms with Crippen LogP contribution in [-0.4, -0.2) is 131 Å². The molecule has 0 aromatic carbocycles. The van der Waals surface area contributed by atoms with E-state index < -0.39 is 104 Å². The molecule has 440 valence electrons. The van der Waals surface area contributed by atoms with Gasteiger partial charge in [0.05, 0.1) is 91.5 Å². The summed E-state index contributed by atoms with van der Waals surface area (Å²) >= 11 is 0. The second kappa shape index (κ2) is 24.9. The van der Waals surface area contributed by atoms with Gasteiger partial charge in [0.25, 0.3) is 0 Å². The molecule has 0 radical (unpaired) electrons. The minimum atomic E-state index is -1.47. The first-order chi connectivity index (χ1) is 37.3. The summed E-state index contributed by atoms with van der Waals surface area (Å²) in [7, 11) is 7.69. The third kappa shape index (κ3) is 12.5. The molecule has 5 rings (SSSR count). The van der Waals surface area contributed by atoms with Crippen LogP contribution in [0.4, 0.5) is 4.79 Å². The van der Waals surface area contributed by atoms with Crippen molar-refractivity contribution >= 4 is 65.0 Å². The molecule has 21 heteroatoms. The molecule has 0 aromatic rings. The maximum atomic E-state index is 14.6. The van der Waals surface area contributed by atoms with E-state index in [9.17, 15) is 38.4 Å². The van der Waals surface area contributed by atoms with Gasteiger partial charge in [0.15, 0.2) is 0 Å². The number of carbonyl (C=O) groups excluding carboxylic acids is 8. The maximum Gasteiger partial charge on any atom is 0.412 e. The highest BCUT2D eigenvalue weighted by Gasteiger charge is 2.67. The molecule has 8 bridgehead atoms. The molecule has 9 atom stereocenters. The minimum absolute atomic E-state index is 0.0452. The molecule has 1 unspecified atom stereocenters. The molecule has 0 aromatic heterocycles. The molecule has 5 aliphatic heterocycles.